The zero-order valence-corrected chi connectivity index (χ0v) is 11.1. The molecule has 0 fully saturated rings. The third-order valence-electron chi connectivity index (χ3n) is 2.19. The van der Waals surface area contributed by atoms with Crippen molar-refractivity contribution in [3.05, 3.63) is 77.3 Å². The first-order valence-electron chi connectivity index (χ1n) is 5.28. The van der Waals surface area contributed by atoms with E-state index in [1.165, 1.54) is 0 Å². The highest BCUT2D eigenvalue weighted by molar-refractivity contribution is 6.40. The number of rotatable bonds is 2. The number of nitrogens with zero attached hydrogens (tertiary/aromatic N) is 2. The van der Waals surface area contributed by atoms with Gasteiger partial charge in [-0.3, -0.25) is 0 Å². The van der Waals surface area contributed by atoms with Crippen molar-refractivity contribution in [2.45, 2.75) is 0 Å². The van der Waals surface area contributed by atoms with Gasteiger partial charge in [0, 0.05) is 0 Å². The Morgan fingerprint density at radius 3 is 1.44 bits per heavy atom. The normalized spacial score (nSPS) is 8.78. The molecular formula is C14H12Cl2N2. The van der Waals surface area contributed by atoms with Crippen LogP contribution in [0.15, 0.2) is 60.7 Å². The van der Waals surface area contributed by atoms with Crippen LogP contribution in [-0.4, -0.2) is 15.8 Å². The fraction of sp³-hybridized carbons (Fsp3) is 0.0714. The highest BCUT2D eigenvalue weighted by Crippen LogP contribution is 2.08. The second kappa shape index (κ2) is 8.48. The standard InChI is InChI=1S/C13H10N2.CH2Cl2/c14-15-13(11-7-3-1-4-8-11)12-9-5-2-6-10-12;2-1-3/h1-10H;1H2. The molecule has 4 heteroatoms. The van der Waals surface area contributed by atoms with Crippen molar-refractivity contribution in [3.8, 4) is 0 Å². The quantitative estimate of drug-likeness (QED) is 0.342. The third-order valence-corrected chi connectivity index (χ3v) is 2.19. The van der Waals surface area contributed by atoms with Crippen molar-refractivity contribution in [1.82, 2.24) is 0 Å². The average Bonchev–Trinajstić information content (AvgIpc) is 2.43. The number of alkyl halides is 2. The van der Waals surface area contributed by atoms with Gasteiger partial charge in [0.05, 0.1) is 16.5 Å². The van der Waals surface area contributed by atoms with Crippen molar-refractivity contribution >= 4 is 28.9 Å². The molecule has 0 aliphatic rings. The second-order valence-electron chi connectivity index (χ2n) is 3.28. The van der Waals surface area contributed by atoms with Gasteiger partial charge in [-0.1, -0.05) is 36.4 Å². The Morgan fingerprint density at radius 2 is 1.17 bits per heavy atom. The summed E-state index contributed by atoms with van der Waals surface area (Å²) in [6.07, 6.45) is 0. The van der Waals surface area contributed by atoms with Crippen LogP contribution in [0, 0.1) is 0 Å². The fourth-order valence-electron chi connectivity index (χ4n) is 1.47. The first kappa shape index (κ1) is 14.5. The molecule has 0 aromatic heterocycles. The summed E-state index contributed by atoms with van der Waals surface area (Å²) in [6.45, 7) is 0. The van der Waals surface area contributed by atoms with Crippen LogP contribution < -0.4 is 0 Å². The summed E-state index contributed by atoms with van der Waals surface area (Å²) in [7, 11) is 0. The van der Waals surface area contributed by atoms with Gasteiger partial charge in [0.1, 0.15) is 0 Å². The minimum Gasteiger partial charge on any atom is -0.361 e. The molecule has 0 saturated heterocycles. The molecule has 0 saturated carbocycles. The monoisotopic (exact) mass is 278 g/mol. The van der Waals surface area contributed by atoms with Gasteiger partial charge in [0.25, 0.3) is 0 Å². The minimum atomic E-state index is 0.194. The maximum atomic E-state index is 9.02. The molecule has 0 radical (unpaired) electrons. The molecule has 0 N–H and O–H groups in total. The number of hydrogen-bond acceptors (Lipinski definition) is 0. The Balaban J connectivity index is 0.000000492. The Bertz CT molecular complexity index is 464. The summed E-state index contributed by atoms with van der Waals surface area (Å²) in [5.74, 6) is 0. The summed E-state index contributed by atoms with van der Waals surface area (Å²) < 4.78 is 0. The van der Waals surface area contributed by atoms with E-state index < -0.39 is 0 Å². The smallest absolute Gasteiger partial charge is 0.329 e. The van der Waals surface area contributed by atoms with Crippen LogP contribution in [-0.2, 0) is 0 Å². The van der Waals surface area contributed by atoms with E-state index in [-0.39, 0.29) is 5.34 Å². The number of benzene rings is 2. The molecule has 0 spiro atoms. The lowest BCUT2D eigenvalue weighted by Gasteiger charge is -1.95. The summed E-state index contributed by atoms with van der Waals surface area (Å²) in [5, 5.41) is 0.194. The van der Waals surface area contributed by atoms with Crippen LogP contribution in [0.3, 0.4) is 0 Å². The van der Waals surface area contributed by atoms with Gasteiger partial charge in [-0.15, -0.1) is 23.2 Å². The molecule has 0 aliphatic heterocycles. The molecule has 2 rings (SSSR count). The highest BCUT2D eigenvalue weighted by Gasteiger charge is 2.13. The zero-order chi connectivity index (χ0) is 13.2. The van der Waals surface area contributed by atoms with Gasteiger partial charge in [0.15, 0.2) is 0 Å². The molecule has 0 heterocycles. The second-order valence-corrected chi connectivity index (χ2v) is 4.09. The lowest BCUT2D eigenvalue weighted by Crippen LogP contribution is -2.03. The summed E-state index contributed by atoms with van der Waals surface area (Å²) in [5.41, 5.74) is 11.4. The maximum Gasteiger partial charge on any atom is 0.329 e. The summed E-state index contributed by atoms with van der Waals surface area (Å²) in [4.78, 5) is 3.35. The van der Waals surface area contributed by atoms with E-state index in [4.69, 9.17) is 28.7 Å². The molecule has 0 aliphatic carbocycles. The van der Waals surface area contributed by atoms with Crippen molar-refractivity contribution in [1.29, 1.82) is 0 Å². The van der Waals surface area contributed by atoms with Gasteiger partial charge in [-0.2, -0.15) is 4.79 Å². The summed E-state index contributed by atoms with van der Waals surface area (Å²) in [6, 6.07) is 19.2. The van der Waals surface area contributed by atoms with Crippen LogP contribution in [0.5, 0.6) is 0 Å². The third kappa shape index (κ3) is 4.34. The Kier molecular flexibility index (Phi) is 6.82. The van der Waals surface area contributed by atoms with Crippen molar-refractivity contribution in [2.75, 3.05) is 5.34 Å². The average molecular weight is 279 g/mol. The molecule has 2 nitrogen and oxygen atoms in total. The van der Waals surface area contributed by atoms with E-state index in [0.717, 1.165) is 11.1 Å². The Morgan fingerprint density at radius 1 is 0.833 bits per heavy atom. The first-order valence-corrected chi connectivity index (χ1v) is 6.35. The highest BCUT2D eigenvalue weighted by atomic mass is 35.5. The van der Waals surface area contributed by atoms with Crippen LogP contribution >= 0.6 is 23.2 Å². The largest absolute Gasteiger partial charge is 0.361 e. The number of halogens is 2. The van der Waals surface area contributed by atoms with E-state index in [1.807, 2.05) is 60.7 Å². The van der Waals surface area contributed by atoms with Crippen molar-refractivity contribution < 1.29 is 4.79 Å². The van der Waals surface area contributed by atoms with Gasteiger partial charge < -0.3 is 5.53 Å². The van der Waals surface area contributed by atoms with Crippen LogP contribution in [0.1, 0.15) is 11.1 Å². The molecule has 18 heavy (non-hydrogen) atoms. The SMILES string of the molecule is ClCCl.[N-]=[N+]=C(c1ccccc1)c1ccccc1. The maximum absolute atomic E-state index is 9.02. The Labute approximate surface area is 116 Å². The van der Waals surface area contributed by atoms with E-state index in [0.29, 0.717) is 5.71 Å². The first-order chi connectivity index (χ1) is 8.83. The predicted octanol–water partition coefficient (Wildman–Crippen LogP) is 4.18. The molecule has 0 bridgehead atoms. The molecule has 92 valence electrons. The van der Waals surface area contributed by atoms with E-state index in [2.05, 4.69) is 4.79 Å². The van der Waals surface area contributed by atoms with E-state index >= 15 is 0 Å². The van der Waals surface area contributed by atoms with E-state index in [1.54, 1.807) is 0 Å². The van der Waals surface area contributed by atoms with Crippen molar-refractivity contribution in [3.63, 3.8) is 0 Å². The minimum absolute atomic E-state index is 0.194. The summed E-state index contributed by atoms with van der Waals surface area (Å²) >= 11 is 9.53. The predicted molar refractivity (Wildman–Crippen MR) is 76.3 cm³/mol. The molecular weight excluding hydrogens is 267 g/mol. The molecule has 2 aromatic carbocycles. The van der Waals surface area contributed by atoms with Gasteiger partial charge in [-0.05, 0) is 24.3 Å². The molecule has 2 aromatic rings. The number of hydrogen-bond donors (Lipinski definition) is 0. The van der Waals surface area contributed by atoms with Crippen LogP contribution in [0.4, 0.5) is 0 Å². The van der Waals surface area contributed by atoms with Gasteiger partial charge in [0.2, 0.25) is 0 Å². The van der Waals surface area contributed by atoms with Crippen LogP contribution in [0.25, 0.3) is 5.53 Å². The van der Waals surface area contributed by atoms with Gasteiger partial charge >= 0.3 is 5.71 Å². The molecule has 0 atom stereocenters. The topological polar surface area (TPSA) is 36.4 Å². The molecule has 0 amide bonds. The lowest BCUT2D eigenvalue weighted by molar-refractivity contribution is -0.00279. The molecule has 0 unspecified atom stereocenters. The van der Waals surface area contributed by atoms with E-state index in [9.17, 15) is 0 Å². The fourth-order valence-corrected chi connectivity index (χ4v) is 1.47. The van der Waals surface area contributed by atoms with Crippen molar-refractivity contribution in [2.24, 2.45) is 0 Å². The lowest BCUT2D eigenvalue weighted by atomic mass is 10.0. The zero-order valence-electron chi connectivity index (χ0n) is 9.63. The Hall–Kier alpha value is -1.60. The van der Waals surface area contributed by atoms with Gasteiger partial charge in [-0.25, -0.2) is 0 Å². The van der Waals surface area contributed by atoms with Crippen LogP contribution in [0.2, 0.25) is 0 Å².